The van der Waals surface area contributed by atoms with Crippen molar-refractivity contribution < 1.29 is 19.1 Å². The minimum atomic E-state index is -0.703. The van der Waals surface area contributed by atoms with Crippen molar-refractivity contribution in [3.05, 3.63) is 87.7 Å². The molecule has 3 N–H and O–H groups in total. The van der Waals surface area contributed by atoms with E-state index in [1.165, 1.54) is 4.57 Å². The average Bonchev–Trinajstić information content (AvgIpc) is 3.49. The third-order valence-corrected chi connectivity index (χ3v) is 12.8. The zero-order valence-corrected chi connectivity index (χ0v) is 33.8. The second kappa shape index (κ2) is 15.3. The Bertz CT molecular complexity index is 2570. The zero-order valence-electron chi connectivity index (χ0n) is 33.8. The topological polar surface area (TPSA) is 175 Å². The van der Waals surface area contributed by atoms with Crippen LogP contribution in [0, 0.1) is 6.92 Å². The molecule has 0 radical (unpaired) electrons. The zero-order chi connectivity index (χ0) is 41.1. The standard InChI is InChI=1S/C43H48N12O5/c1-26-36(22-45-41-39(26)44-12-18-60-41)53-13-11-28-21-46-42(48-32(28)25-53)47-29-5-3-27(4-6-29)19-38(57)52-16-14-51(15-17-52)31-23-54(24-31)30-7-8-33-35(20-30)50(2)43(59)55(33)34-9-10-37(56)49-40(34)58/h3-8,20-22,31,34,44H,9-19,23-25H2,1-2H3,(H,46,47,48)(H,49,56,58). The summed E-state index contributed by atoms with van der Waals surface area (Å²) in [6, 6.07) is 13.5. The lowest BCUT2D eigenvalue weighted by Crippen LogP contribution is -2.63. The molecule has 5 aromatic rings. The maximum atomic E-state index is 13.4. The summed E-state index contributed by atoms with van der Waals surface area (Å²) in [6.45, 7) is 9.76. The van der Waals surface area contributed by atoms with Crippen molar-refractivity contribution in [1.82, 2.24) is 39.2 Å². The number of imidazole rings is 1. The average molecular weight is 813 g/mol. The van der Waals surface area contributed by atoms with Crippen molar-refractivity contribution in [2.75, 3.05) is 79.4 Å². The summed E-state index contributed by atoms with van der Waals surface area (Å²) in [5, 5.41) is 9.15. The lowest BCUT2D eigenvalue weighted by molar-refractivity contribution is -0.136. The Hall–Kier alpha value is -6.49. The van der Waals surface area contributed by atoms with Crippen LogP contribution in [0.1, 0.15) is 41.3 Å². The van der Waals surface area contributed by atoms with Gasteiger partial charge in [-0.2, -0.15) is 0 Å². The molecular formula is C43H48N12O5. The van der Waals surface area contributed by atoms with E-state index in [1.54, 1.807) is 11.6 Å². The maximum absolute atomic E-state index is 13.4. The van der Waals surface area contributed by atoms with Crippen LogP contribution < -0.4 is 36.2 Å². The molecular weight excluding hydrogens is 765 g/mol. The number of piperazine rings is 1. The van der Waals surface area contributed by atoms with Gasteiger partial charge in [-0.15, -0.1) is 0 Å². The number of aryl methyl sites for hydroxylation is 1. The van der Waals surface area contributed by atoms with E-state index in [1.807, 2.05) is 59.8 Å². The van der Waals surface area contributed by atoms with Crippen LogP contribution in [0.4, 0.5) is 28.7 Å². The number of hydrogen-bond donors (Lipinski definition) is 3. The number of piperidine rings is 1. The Labute approximate surface area is 346 Å². The van der Waals surface area contributed by atoms with Crippen LogP contribution in [0.3, 0.4) is 0 Å². The highest BCUT2D eigenvalue weighted by molar-refractivity contribution is 6.00. The van der Waals surface area contributed by atoms with E-state index in [0.29, 0.717) is 62.5 Å². The number of nitrogens with one attached hydrogen (secondary N) is 3. The summed E-state index contributed by atoms with van der Waals surface area (Å²) in [6.07, 6.45) is 5.53. The van der Waals surface area contributed by atoms with Gasteiger partial charge in [0.15, 0.2) is 0 Å². The summed E-state index contributed by atoms with van der Waals surface area (Å²) in [5.74, 6) is 0.587. The van der Waals surface area contributed by atoms with Crippen molar-refractivity contribution in [1.29, 1.82) is 0 Å². The quantitative estimate of drug-likeness (QED) is 0.195. The number of anilines is 5. The Morgan fingerprint density at radius 3 is 2.55 bits per heavy atom. The number of imide groups is 1. The van der Waals surface area contributed by atoms with Gasteiger partial charge in [0.05, 0.1) is 41.6 Å². The Kier molecular flexibility index (Phi) is 9.61. The molecule has 3 saturated heterocycles. The van der Waals surface area contributed by atoms with E-state index in [-0.39, 0.29) is 23.9 Å². The maximum Gasteiger partial charge on any atom is 0.329 e. The molecule has 0 saturated carbocycles. The van der Waals surface area contributed by atoms with Crippen LogP contribution in [0.2, 0.25) is 0 Å². The van der Waals surface area contributed by atoms with Crippen molar-refractivity contribution in [2.45, 2.75) is 51.2 Å². The molecule has 0 aliphatic carbocycles. The molecule has 60 heavy (non-hydrogen) atoms. The molecule has 0 spiro atoms. The number of ether oxygens (including phenoxy) is 1. The number of rotatable bonds is 8. The van der Waals surface area contributed by atoms with E-state index in [2.05, 4.69) is 47.5 Å². The minimum Gasteiger partial charge on any atom is -0.474 e. The number of pyridine rings is 1. The number of amides is 3. The van der Waals surface area contributed by atoms with Crippen LogP contribution in [0.25, 0.3) is 11.0 Å². The molecule has 17 heteroatoms. The number of hydrogen-bond acceptors (Lipinski definition) is 13. The molecule has 5 aliphatic heterocycles. The summed E-state index contributed by atoms with van der Waals surface area (Å²) in [7, 11) is 1.72. The molecule has 1 unspecified atom stereocenters. The fourth-order valence-electron chi connectivity index (χ4n) is 9.23. The Balaban J connectivity index is 0.701. The number of carbonyl (C=O) groups excluding carboxylic acids is 3. The molecule has 17 nitrogen and oxygen atoms in total. The smallest absolute Gasteiger partial charge is 0.329 e. The summed E-state index contributed by atoms with van der Waals surface area (Å²) >= 11 is 0. The van der Waals surface area contributed by atoms with Gasteiger partial charge in [-0.1, -0.05) is 12.1 Å². The molecule has 10 rings (SSSR count). The Morgan fingerprint density at radius 1 is 0.933 bits per heavy atom. The van der Waals surface area contributed by atoms with Gasteiger partial charge in [0, 0.05) is 95.0 Å². The van der Waals surface area contributed by atoms with Crippen LogP contribution >= 0.6 is 0 Å². The molecule has 5 aliphatic rings. The predicted molar refractivity (Wildman–Crippen MR) is 226 cm³/mol. The summed E-state index contributed by atoms with van der Waals surface area (Å²) in [5.41, 5.74) is 9.32. The van der Waals surface area contributed by atoms with Crippen LogP contribution in [-0.2, 0) is 40.8 Å². The van der Waals surface area contributed by atoms with Gasteiger partial charge in [-0.3, -0.25) is 33.7 Å². The highest BCUT2D eigenvalue weighted by atomic mass is 16.5. The van der Waals surface area contributed by atoms with Gasteiger partial charge in [0.2, 0.25) is 29.5 Å². The normalized spacial score (nSPS) is 19.6. The van der Waals surface area contributed by atoms with E-state index in [0.717, 1.165) is 96.3 Å². The highest BCUT2D eigenvalue weighted by Crippen LogP contribution is 2.36. The first-order valence-corrected chi connectivity index (χ1v) is 20.8. The second-order valence-corrected chi connectivity index (χ2v) is 16.4. The fraction of sp³-hybridized carbons (Fsp3) is 0.419. The SMILES string of the molecule is Cc1c(N2CCc3cnc(Nc4ccc(CC(=O)N5CCN(C6CN(c7ccc8c(c7)n(C)c(=O)n8C7CCC(=O)NC7=O)C6)CC5)cc4)nc3C2)cnc2c1NCCO2. The third kappa shape index (κ3) is 6.95. The van der Waals surface area contributed by atoms with Crippen LogP contribution in [-0.4, -0.2) is 117 Å². The number of aromatic nitrogens is 5. The Morgan fingerprint density at radius 2 is 1.75 bits per heavy atom. The van der Waals surface area contributed by atoms with Gasteiger partial charge in [0.25, 0.3) is 0 Å². The van der Waals surface area contributed by atoms with Crippen LogP contribution in [0.5, 0.6) is 5.88 Å². The first kappa shape index (κ1) is 37.8. The minimum absolute atomic E-state index is 0.129. The molecule has 3 amide bonds. The third-order valence-electron chi connectivity index (χ3n) is 12.8. The van der Waals surface area contributed by atoms with E-state index in [9.17, 15) is 19.2 Å². The van der Waals surface area contributed by atoms with E-state index in [4.69, 9.17) is 9.72 Å². The van der Waals surface area contributed by atoms with Crippen molar-refractivity contribution in [3.8, 4) is 5.88 Å². The number of nitrogens with zero attached hydrogens (tertiary/aromatic N) is 9. The van der Waals surface area contributed by atoms with Gasteiger partial charge in [0.1, 0.15) is 18.3 Å². The molecule has 310 valence electrons. The molecule has 1 atom stereocenters. The molecule has 3 aromatic heterocycles. The lowest BCUT2D eigenvalue weighted by atomic mass is 10.0. The number of benzene rings is 2. The van der Waals surface area contributed by atoms with E-state index >= 15 is 0 Å². The first-order valence-electron chi connectivity index (χ1n) is 20.8. The summed E-state index contributed by atoms with van der Waals surface area (Å²) < 4.78 is 8.81. The molecule has 2 aromatic carbocycles. The monoisotopic (exact) mass is 812 g/mol. The highest BCUT2D eigenvalue weighted by Gasteiger charge is 2.36. The molecule has 0 bridgehead atoms. The van der Waals surface area contributed by atoms with Gasteiger partial charge in [-0.25, -0.2) is 19.7 Å². The van der Waals surface area contributed by atoms with Crippen molar-refractivity contribution >= 4 is 57.5 Å². The first-order chi connectivity index (χ1) is 29.2. The molecule has 8 heterocycles. The van der Waals surface area contributed by atoms with Gasteiger partial charge >= 0.3 is 5.69 Å². The van der Waals surface area contributed by atoms with Gasteiger partial charge < -0.3 is 30.1 Å². The van der Waals surface area contributed by atoms with Crippen LogP contribution in [0.15, 0.2) is 59.7 Å². The van der Waals surface area contributed by atoms with E-state index < -0.39 is 11.9 Å². The number of fused-ring (bicyclic) bond motifs is 3. The fourth-order valence-corrected chi connectivity index (χ4v) is 9.23. The predicted octanol–water partition coefficient (Wildman–Crippen LogP) is 2.50. The van der Waals surface area contributed by atoms with Crippen molar-refractivity contribution in [3.63, 3.8) is 0 Å². The summed E-state index contributed by atoms with van der Waals surface area (Å²) in [4.78, 5) is 73.9. The largest absolute Gasteiger partial charge is 0.474 e. The lowest BCUT2D eigenvalue weighted by Gasteiger charge is -2.49. The number of carbonyl (C=O) groups is 3. The van der Waals surface area contributed by atoms with Crippen molar-refractivity contribution in [2.24, 2.45) is 7.05 Å². The molecule has 3 fully saturated rings. The van der Waals surface area contributed by atoms with Gasteiger partial charge in [-0.05, 0) is 61.2 Å². The second-order valence-electron chi connectivity index (χ2n) is 16.4.